The lowest BCUT2D eigenvalue weighted by molar-refractivity contribution is -0.869. The minimum Gasteiger partial charge on any atom is -0.494 e. The van der Waals surface area contributed by atoms with E-state index in [4.69, 9.17) is 9.15 Å². The van der Waals surface area contributed by atoms with Gasteiger partial charge in [-0.2, -0.15) is 0 Å². The fourth-order valence-corrected chi connectivity index (χ4v) is 4.62. The van der Waals surface area contributed by atoms with Crippen molar-refractivity contribution in [2.24, 2.45) is 5.92 Å². The second kappa shape index (κ2) is 17.3. The molecule has 0 spiro atoms. The van der Waals surface area contributed by atoms with Gasteiger partial charge in [0, 0.05) is 11.1 Å². The van der Waals surface area contributed by atoms with Crippen LogP contribution in [0.15, 0.2) is 34.7 Å². The van der Waals surface area contributed by atoms with Crippen molar-refractivity contribution in [3.63, 3.8) is 0 Å². The molecule has 4 amide bonds. The Morgan fingerprint density at radius 3 is 2.40 bits per heavy atom. The molecule has 4 N–H and O–H groups in total. The summed E-state index contributed by atoms with van der Waals surface area (Å²) >= 11 is 0. The monoisotopic (exact) mass is 602 g/mol. The fourth-order valence-electron chi connectivity index (χ4n) is 4.62. The molecule has 1 aromatic carbocycles. The van der Waals surface area contributed by atoms with Gasteiger partial charge in [-0.1, -0.05) is 33.1 Å². The number of nitrogens with one attached hydrogen (secondary N) is 3. The Kier molecular flexibility index (Phi) is 14.2. The molecule has 0 fully saturated rings. The van der Waals surface area contributed by atoms with Crippen molar-refractivity contribution in [1.82, 2.24) is 21.0 Å². The van der Waals surface area contributed by atoms with Crippen LogP contribution in [0.25, 0.3) is 11.3 Å². The summed E-state index contributed by atoms with van der Waals surface area (Å²) in [4.78, 5) is 49.8. The SMILES string of the molecule is CCCCC[C@@H](C(=O)NCNC(=O)c1ccc(-c2cc(OCC)cc(C(=O)NCC[N+](C)(C)C)c2)o1)[C@@H](CC)N(O)C=O. The number of nitrogens with zero attached hydrogens (tertiary/aromatic N) is 2. The van der Waals surface area contributed by atoms with Crippen LogP contribution in [0.3, 0.4) is 0 Å². The number of carbonyl (C=O) groups excluding carboxylic acids is 4. The number of hydrogen-bond donors (Lipinski definition) is 4. The predicted octanol–water partition coefficient (Wildman–Crippen LogP) is 3.41. The first-order chi connectivity index (χ1) is 20.4. The summed E-state index contributed by atoms with van der Waals surface area (Å²) in [5.74, 6) is -0.899. The fraction of sp³-hybridized carbons (Fsp3) is 0.548. The first-order valence-corrected chi connectivity index (χ1v) is 14.9. The van der Waals surface area contributed by atoms with Crippen LogP contribution in [0.2, 0.25) is 0 Å². The van der Waals surface area contributed by atoms with Crippen LogP contribution >= 0.6 is 0 Å². The third kappa shape index (κ3) is 11.4. The van der Waals surface area contributed by atoms with E-state index in [1.54, 1.807) is 31.2 Å². The van der Waals surface area contributed by atoms with Gasteiger partial charge < -0.3 is 29.6 Å². The molecule has 0 aliphatic carbocycles. The van der Waals surface area contributed by atoms with E-state index in [2.05, 4.69) is 16.0 Å². The van der Waals surface area contributed by atoms with E-state index < -0.39 is 17.9 Å². The number of hydrogen-bond acceptors (Lipinski definition) is 7. The molecule has 0 radical (unpaired) electrons. The number of furan rings is 1. The molecule has 2 aromatic rings. The second-order valence-electron chi connectivity index (χ2n) is 11.4. The molecular weight excluding hydrogens is 554 g/mol. The Hall–Kier alpha value is -3.90. The highest BCUT2D eigenvalue weighted by Gasteiger charge is 2.30. The van der Waals surface area contributed by atoms with Crippen molar-refractivity contribution in [2.45, 2.75) is 58.9 Å². The van der Waals surface area contributed by atoms with E-state index in [1.165, 1.54) is 6.07 Å². The minimum atomic E-state index is -0.672. The standard InChI is InChI=1S/C31H47N5O7/c1-7-10-11-12-25(26(8-2)35(41)21-37)30(39)33-20-34-31(40)28-14-13-27(43-28)22-17-23(19-24(18-22)42-9-3)29(38)32-15-16-36(4,5)6/h13-14,17-19,21,25-26,41H,7-12,15-16,20H2,1-6H3,(H2-,32,33,34,38,39,40)/p+1/t25-,26-/m1/s1. The zero-order valence-electron chi connectivity index (χ0n) is 26.3. The summed E-state index contributed by atoms with van der Waals surface area (Å²) in [6, 6.07) is 7.54. The number of hydroxylamine groups is 2. The Balaban J connectivity index is 2.09. The van der Waals surface area contributed by atoms with Gasteiger partial charge in [-0.05, 0) is 50.1 Å². The quantitative estimate of drug-likeness (QED) is 0.0481. The zero-order valence-corrected chi connectivity index (χ0v) is 26.3. The first kappa shape index (κ1) is 35.3. The van der Waals surface area contributed by atoms with Crippen LogP contribution in [0, 0.1) is 5.92 Å². The summed E-state index contributed by atoms with van der Waals surface area (Å²) < 4.78 is 12.2. The number of benzene rings is 1. The van der Waals surface area contributed by atoms with Gasteiger partial charge in [-0.25, -0.2) is 5.06 Å². The van der Waals surface area contributed by atoms with Gasteiger partial charge in [0.15, 0.2) is 5.76 Å². The zero-order chi connectivity index (χ0) is 32.0. The van der Waals surface area contributed by atoms with Crippen LogP contribution in [-0.2, 0) is 9.59 Å². The third-order valence-electron chi connectivity index (χ3n) is 6.96. The van der Waals surface area contributed by atoms with Crippen molar-refractivity contribution in [3.8, 4) is 17.1 Å². The summed E-state index contributed by atoms with van der Waals surface area (Å²) in [5, 5.41) is 18.8. The summed E-state index contributed by atoms with van der Waals surface area (Å²) in [6.45, 7) is 7.20. The van der Waals surface area contributed by atoms with Crippen LogP contribution in [-0.4, -0.2) is 92.4 Å². The average molecular weight is 603 g/mol. The van der Waals surface area contributed by atoms with Crippen LogP contribution in [0.1, 0.15) is 73.8 Å². The van der Waals surface area contributed by atoms with Gasteiger partial charge in [-0.15, -0.1) is 0 Å². The van der Waals surface area contributed by atoms with Crippen molar-refractivity contribution < 1.29 is 38.0 Å². The molecule has 43 heavy (non-hydrogen) atoms. The van der Waals surface area contributed by atoms with Crippen molar-refractivity contribution >= 4 is 24.1 Å². The molecular formula is C31H48N5O7+. The lowest BCUT2D eigenvalue weighted by Crippen LogP contribution is -2.47. The molecule has 12 heteroatoms. The number of unbranched alkanes of at least 4 members (excludes halogenated alkanes) is 2. The molecule has 1 heterocycles. The number of amides is 4. The number of ether oxygens (including phenoxy) is 1. The molecule has 0 unspecified atom stereocenters. The molecule has 1 aromatic heterocycles. The van der Waals surface area contributed by atoms with Gasteiger partial charge in [-0.3, -0.25) is 24.4 Å². The van der Waals surface area contributed by atoms with Gasteiger partial charge in [0.1, 0.15) is 11.5 Å². The van der Waals surface area contributed by atoms with Gasteiger partial charge in [0.2, 0.25) is 12.3 Å². The van der Waals surface area contributed by atoms with Crippen LogP contribution in [0.5, 0.6) is 5.75 Å². The van der Waals surface area contributed by atoms with Crippen molar-refractivity contribution in [3.05, 3.63) is 41.7 Å². The van der Waals surface area contributed by atoms with Crippen molar-refractivity contribution in [1.29, 1.82) is 0 Å². The van der Waals surface area contributed by atoms with Gasteiger partial charge >= 0.3 is 0 Å². The second-order valence-corrected chi connectivity index (χ2v) is 11.4. The van der Waals surface area contributed by atoms with Gasteiger partial charge in [0.25, 0.3) is 11.8 Å². The third-order valence-corrected chi connectivity index (χ3v) is 6.96. The van der Waals surface area contributed by atoms with E-state index in [9.17, 15) is 24.4 Å². The maximum atomic E-state index is 13.0. The molecule has 0 bridgehead atoms. The lowest BCUT2D eigenvalue weighted by atomic mass is 9.90. The summed E-state index contributed by atoms with van der Waals surface area (Å²) in [7, 11) is 6.14. The number of likely N-dealkylation sites (N-methyl/N-ethyl adjacent to an activating group) is 1. The summed E-state index contributed by atoms with van der Waals surface area (Å²) in [5.41, 5.74) is 0.974. The van der Waals surface area contributed by atoms with Crippen LogP contribution in [0.4, 0.5) is 0 Å². The molecule has 0 saturated carbocycles. The molecule has 2 atom stereocenters. The van der Waals surface area contributed by atoms with E-state index in [-0.39, 0.29) is 24.2 Å². The van der Waals surface area contributed by atoms with Crippen LogP contribution < -0.4 is 20.7 Å². The van der Waals surface area contributed by atoms with E-state index in [0.29, 0.717) is 64.6 Å². The first-order valence-electron chi connectivity index (χ1n) is 14.9. The number of rotatable bonds is 19. The number of carbonyl (C=O) groups is 4. The Bertz CT molecular complexity index is 1210. The van der Waals surface area contributed by atoms with E-state index in [0.717, 1.165) is 25.8 Å². The van der Waals surface area contributed by atoms with E-state index in [1.807, 2.05) is 35.0 Å². The molecule has 0 aliphatic rings. The minimum absolute atomic E-state index is 0.0217. The highest BCUT2D eigenvalue weighted by atomic mass is 16.5. The Morgan fingerprint density at radius 1 is 1.02 bits per heavy atom. The topological polar surface area (TPSA) is 150 Å². The van der Waals surface area contributed by atoms with Crippen molar-refractivity contribution in [2.75, 3.05) is 47.5 Å². The smallest absolute Gasteiger partial charge is 0.288 e. The molecule has 0 saturated heterocycles. The van der Waals surface area contributed by atoms with E-state index >= 15 is 0 Å². The summed E-state index contributed by atoms with van der Waals surface area (Å²) in [6.07, 6.45) is 3.84. The molecule has 2 rings (SSSR count). The molecule has 12 nitrogen and oxygen atoms in total. The lowest BCUT2D eigenvalue weighted by Gasteiger charge is -2.29. The average Bonchev–Trinajstić information content (AvgIpc) is 3.46. The largest absolute Gasteiger partial charge is 0.494 e. The predicted molar refractivity (Wildman–Crippen MR) is 162 cm³/mol. The number of quaternary nitrogens is 1. The molecule has 0 aliphatic heterocycles. The normalized spacial score (nSPS) is 12.6. The highest BCUT2D eigenvalue weighted by molar-refractivity contribution is 5.96. The maximum Gasteiger partial charge on any atom is 0.288 e. The van der Waals surface area contributed by atoms with Gasteiger partial charge in [0.05, 0.1) is 59.5 Å². The highest BCUT2D eigenvalue weighted by Crippen LogP contribution is 2.28. The Morgan fingerprint density at radius 2 is 1.77 bits per heavy atom. The molecule has 238 valence electrons. The maximum absolute atomic E-state index is 13.0. The Labute approximate surface area is 254 Å².